The number of nitrogens with zero attached hydrogens (tertiary/aromatic N) is 2. The number of halogens is 1. The van der Waals surface area contributed by atoms with Crippen LogP contribution in [-0.4, -0.2) is 30.6 Å². The summed E-state index contributed by atoms with van der Waals surface area (Å²) in [5.74, 6) is 0. The highest BCUT2D eigenvalue weighted by Gasteiger charge is 2.10. The van der Waals surface area contributed by atoms with Crippen LogP contribution in [0.15, 0.2) is 4.99 Å². The number of aliphatic imine (C=N–C) groups is 1. The summed E-state index contributed by atoms with van der Waals surface area (Å²) in [7, 11) is 1.72. The Morgan fingerprint density at radius 3 is 2.45 bits per heavy atom. The Morgan fingerprint density at radius 1 is 1.55 bits per heavy atom. The second-order valence-corrected chi connectivity index (χ2v) is 2.61. The molecule has 0 aromatic carbocycles. The Morgan fingerprint density at radius 2 is 2.09 bits per heavy atom. The first-order valence-corrected chi connectivity index (χ1v) is 4.06. The summed E-state index contributed by atoms with van der Waals surface area (Å²) >= 11 is 0. The minimum absolute atomic E-state index is 0.227. The number of amidine groups is 1. The topological polar surface area (TPSA) is 15.6 Å². The van der Waals surface area contributed by atoms with Crippen molar-refractivity contribution in [2.45, 2.75) is 33.2 Å². The van der Waals surface area contributed by atoms with Crippen LogP contribution < -0.4 is 0 Å². The number of rotatable bonds is 3. The van der Waals surface area contributed by atoms with E-state index in [4.69, 9.17) is 0 Å². The second-order valence-electron chi connectivity index (χ2n) is 2.61. The Hall–Kier alpha value is -0.600. The summed E-state index contributed by atoms with van der Waals surface area (Å²) in [4.78, 5) is 5.23. The molecule has 0 saturated carbocycles. The highest BCUT2D eigenvalue weighted by Crippen LogP contribution is 2.02. The van der Waals surface area contributed by atoms with Gasteiger partial charge in [0, 0.05) is 19.6 Å². The molecule has 0 bridgehead atoms. The molecule has 0 rings (SSSR count). The largest absolute Gasteiger partial charge is 0.333 e. The predicted molar refractivity (Wildman–Crippen MR) is 46.6 cm³/mol. The molecule has 66 valence electrons. The lowest BCUT2D eigenvalue weighted by molar-refractivity contribution is 0.346. The predicted octanol–water partition coefficient (Wildman–Crippen LogP) is 2.06. The molecule has 0 heterocycles. The zero-order chi connectivity index (χ0) is 8.85. The fraction of sp³-hybridized carbons (Fsp3) is 0.875. The fourth-order valence-corrected chi connectivity index (χ4v) is 0.698. The molecule has 0 aliphatic heterocycles. The van der Waals surface area contributed by atoms with Crippen LogP contribution in [-0.2, 0) is 0 Å². The molecule has 3 heteroatoms. The fourth-order valence-electron chi connectivity index (χ4n) is 0.698. The van der Waals surface area contributed by atoms with Gasteiger partial charge in [0.1, 0.15) is 0 Å². The van der Waals surface area contributed by atoms with Gasteiger partial charge >= 0.3 is 0 Å². The van der Waals surface area contributed by atoms with Crippen molar-refractivity contribution in [3.05, 3.63) is 0 Å². The molecule has 0 radical (unpaired) electrons. The van der Waals surface area contributed by atoms with Gasteiger partial charge in [-0.25, -0.2) is 4.99 Å². The van der Waals surface area contributed by atoms with Gasteiger partial charge in [0.05, 0.1) is 0 Å². The first-order valence-electron chi connectivity index (χ1n) is 4.06. The number of hydrogen-bond acceptors (Lipinski definition) is 1. The molecule has 0 aliphatic carbocycles. The maximum absolute atomic E-state index is 12.9. The highest BCUT2D eigenvalue weighted by molar-refractivity contribution is 5.72. The van der Waals surface area contributed by atoms with Crippen LogP contribution in [0.25, 0.3) is 0 Å². The Kier molecular flexibility index (Phi) is 4.83. The lowest BCUT2D eigenvalue weighted by Crippen LogP contribution is -2.32. The van der Waals surface area contributed by atoms with Crippen molar-refractivity contribution in [2.75, 3.05) is 13.6 Å². The smallest absolute Gasteiger partial charge is 0.280 e. The van der Waals surface area contributed by atoms with Gasteiger partial charge in [-0.15, -0.1) is 0 Å². The van der Waals surface area contributed by atoms with E-state index in [1.807, 2.05) is 20.8 Å². The summed E-state index contributed by atoms with van der Waals surface area (Å²) < 4.78 is 12.9. The van der Waals surface area contributed by atoms with Crippen LogP contribution in [0.5, 0.6) is 0 Å². The zero-order valence-corrected chi connectivity index (χ0v) is 7.76. The van der Waals surface area contributed by atoms with Crippen LogP contribution in [0.4, 0.5) is 4.39 Å². The van der Waals surface area contributed by atoms with E-state index in [0.29, 0.717) is 6.54 Å². The molecule has 0 fully saturated rings. The standard InChI is InChI=1S/C8H17FN2/c1-5-7(3)11(4)8(9)10-6-2/h7H,5-6H2,1-4H3/b10-8-. The van der Waals surface area contributed by atoms with Crippen LogP contribution in [0.3, 0.4) is 0 Å². The Balaban J connectivity index is 4.00. The van der Waals surface area contributed by atoms with Crippen molar-refractivity contribution >= 4 is 6.09 Å². The molecule has 2 nitrogen and oxygen atoms in total. The lowest BCUT2D eigenvalue weighted by Gasteiger charge is -2.22. The molecular weight excluding hydrogens is 143 g/mol. The van der Waals surface area contributed by atoms with Crippen LogP contribution >= 0.6 is 0 Å². The van der Waals surface area contributed by atoms with E-state index in [1.54, 1.807) is 11.9 Å². The molecule has 0 N–H and O–H groups in total. The van der Waals surface area contributed by atoms with Crippen molar-refractivity contribution in [1.82, 2.24) is 4.90 Å². The minimum Gasteiger partial charge on any atom is -0.333 e. The van der Waals surface area contributed by atoms with Gasteiger partial charge in [0.15, 0.2) is 0 Å². The van der Waals surface area contributed by atoms with Crippen LogP contribution in [0, 0.1) is 0 Å². The molecule has 0 saturated heterocycles. The average molecular weight is 160 g/mol. The van der Waals surface area contributed by atoms with E-state index >= 15 is 0 Å². The van der Waals surface area contributed by atoms with Crippen molar-refractivity contribution < 1.29 is 4.39 Å². The minimum atomic E-state index is -0.359. The molecule has 11 heavy (non-hydrogen) atoms. The van der Waals surface area contributed by atoms with Gasteiger partial charge in [-0.3, -0.25) is 0 Å². The highest BCUT2D eigenvalue weighted by atomic mass is 19.1. The van der Waals surface area contributed by atoms with E-state index in [-0.39, 0.29) is 12.1 Å². The normalized spacial score (nSPS) is 14.8. The van der Waals surface area contributed by atoms with Crippen molar-refractivity contribution in [1.29, 1.82) is 0 Å². The van der Waals surface area contributed by atoms with Gasteiger partial charge in [0.25, 0.3) is 6.09 Å². The average Bonchev–Trinajstić information content (AvgIpc) is 2.02. The van der Waals surface area contributed by atoms with Gasteiger partial charge in [0.2, 0.25) is 0 Å². The molecule has 0 aromatic heterocycles. The lowest BCUT2D eigenvalue weighted by atomic mass is 10.2. The van der Waals surface area contributed by atoms with E-state index in [9.17, 15) is 4.39 Å². The molecule has 0 spiro atoms. The van der Waals surface area contributed by atoms with Crippen LogP contribution in [0.1, 0.15) is 27.2 Å². The molecule has 1 atom stereocenters. The van der Waals surface area contributed by atoms with E-state index in [0.717, 1.165) is 6.42 Å². The quantitative estimate of drug-likeness (QED) is 0.350. The zero-order valence-electron chi connectivity index (χ0n) is 7.76. The third-order valence-corrected chi connectivity index (χ3v) is 1.83. The SMILES string of the molecule is CC/N=C(/F)N(C)C(C)CC. The Bertz CT molecular complexity index is 134. The summed E-state index contributed by atoms with van der Waals surface area (Å²) in [6, 6.07) is 0.227. The van der Waals surface area contributed by atoms with Crippen LogP contribution in [0.2, 0.25) is 0 Å². The molecule has 0 aromatic rings. The maximum Gasteiger partial charge on any atom is 0.280 e. The summed E-state index contributed by atoms with van der Waals surface area (Å²) in [6.07, 6.45) is 0.574. The van der Waals surface area contributed by atoms with Gasteiger partial charge in [-0.05, 0) is 20.3 Å². The van der Waals surface area contributed by atoms with Crippen molar-refractivity contribution in [2.24, 2.45) is 4.99 Å². The van der Waals surface area contributed by atoms with E-state index in [1.165, 1.54) is 0 Å². The second kappa shape index (κ2) is 5.10. The Labute approximate surface area is 68.1 Å². The monoisotopic (exact) mass is 160 g/mol. The third kappa shape index (κ3) is 3.35. The van der Waals surface area contributed by atoms with E-state index in [2.05, 4.69) is 4.99 Å². The maximum atomic E-state index is 12.9. The summed E-state index contributed by atoms with van der Waals surface area (Å²) in [5, 5.41) is 0. The molecule has 0 aliphatic rings. The summed E-state index contributed by atoms with van der Waals surface area (Å²) in [6.45, 7) is 6.34. The molecule has 0 amide bonds. The summed E-state index contributed by atoms with van der Waals surface area (Å²) in [5.41, 5.74) is 0. The number of hydrogen-bond donors (Lipinski definition) is 0. The van der Waals surface area contributed by atoms with Gasteiger partial charge in [-0.1, -0.05) is 6.92 Å². The van der Waals surface area contributed by atoms with Crippen molar-refractivity contribution in [3.63, 3.8) is 0 Å². The van der Waals surface area contributed by atoms with Crippen molar-refractivity contribution in [3.8, 4) is 0 Å². The first-order chi connectivity index (χ1) is 5.13. The third-order valence-electron chi connectivity index (χ3n) is 1.83. The molecule has 1 unspecified atom stereocenters. The van der Waals surface area contributed by atoms with Gasteiger partial charge in [-0.2, -0.15) is 4.39 Å². The van der Waals surface area contributed by atoms with E-state index < -0.39 is 0 Å². The molecular formula is C8H17FN2. The van der Waals surface area contributed by atoms with Gasteiger partial charge < -0.3 is 4.90 Å². The first kappa shape index (κ1) is 10.4.